The van der Waals surface area contributed by atoms with Gasteiger partial charge >= 0.3 is 5.97 Å². The molecule has 1 heterocycles. The molecule has 0 saturated heterocycles. The van der Waals surface area contributed by atoms with Crippen LogP contribution < -0.4 is 4.74 Å². The summed E-state index contributed by atoms with van der Waals surface area (Å²) in [6, 6.07) is 13.6. The number of carboxylic acid groups (broad SMARTS) is 1. The van der Waals surface area contributed by atoms with Crippen molar-refractivity contribution in [2.24, 2.45) is 4.99 Å². The Bertz CT molecular complexity index is 852. The number of aliphatic imine (C=N–C) groups is 1. The molecular formula is C20H21ClN2O4. The Labute approximate surface area is 163 Å². The molecule has 3 rings (SSSR count). The molecule has 1 unspecified atom stereocenters. The number of hydrogen-bond donors (Lipinski definition) is 1. The molecule has 0 radical (unpaired) electrons. The van der Waals surface area contributed by atoms with Crippen molar-refractivity contribution in [2.45, 2.75) is 13.0 Å². The maximum absolute atomic E-state index is 10.4. The predicted molar refractivity (Wildman–Crippen MR) is 104 cm³/mol. The van der Waals surface area contributed by atoms with Gasteiger partial charge in [-0.2, -0.15) is 0 Å². The number of rotatable bonds is 7. The molecule has 0 bridgehead atoms. The van der Waals surface area contributed by atoms with Crippen molar-refractivity contribution in [1.29, 1.82) is 0 Å². The fraction of sp³-hybridized carbons (Fsp3) is 0.300. The molecule has 0 spiro atoms. The zero-order valence-corrected chi connectivity index (χ0v) is 15.9. The van der Waals surface area contributed by atoms with E-state index in [0.29, 0.717) is 10.8 Å². The van der Waals surface area contributed by atoms with Gasteiger partial charge in [-0.25, -0.2) is 9.79 Å². The van der Waals surface area contributed by atoms with Crippen molar-refractivity contribution >= 4 is 29.1 Å². The van der Waals surface area contributed by atoms with E-state index in [2.05, 4.69) is 11.8 Å². The van der Waals surface area contributed by atoms with E-state index >= 15 is 0 Å². The Morgan fingerprint density at radius 2 is 1.96 bits per heavy atom. The third kappa shape index (κ3) is 4.40. The predicted octanol–water partition coefficient (Wildman–Crippen LogP) is 3.90. The van der Waals surface area contributed by atoms with E-state index in [9.17, 15) is 4.79 Å². The molecule has 7 heteroatoms. The zero-order valence-electron chi connectivity index (χ0n) is 15.2. The molecule has 0 aromatic heterocycles. The number of amidine groups is 1. The van der Waals surface area contributed by atoms with Crippen LogP contribution in [-0.4, -0.2) is 48.7 Å². The van der Waals surface area contributed by atoms with Gasteiger partial charge in [-0.3, -0.25) is 0 Å². The molecule has 1 aliphatic rings. The van der Waals surface area contributed by atoms with Crippen LogP contribution in [0.25, 0.3) is 0 Å². The van der Waals surface area contributed by atoms with Gasteiger partial charge in [0, 0.05) is 18.2 Å². The lowest BCUT2D eigenvalue weighted by Gasteiger charge is -2.33. The first-order valence-corrected chi connectivity index (χ1v) is 8.98. The summed E-state index contributed by atoms with van der Waals surface area (Å²) in [6.07, 6.45) is 0. The molecule has 27 heavy (non-hydrogen) atoms. The van der Waals surface area contributed by atoms with Gasteiger partial charge in [-0.05, 0) is 37.3 Å². The van der Waals surface area contributed by atoms with Gasteiger partial charge in [-0.15, -0.1) is 0 Å². The summed E-state index contributed by atoms with van der Waals surface area (Å²) in [5.74, 6) is 0.537. The average Bonchev–Trinajstić information content (AvgIpc) is 2.65. The quantitative estimate of drug-likeness (QED) is 0.728. The van der Waals surface area contributed by atoms with Crippen molar-refractivity contribution in [2.75, 3.05) is 26.9 Å². The summed E-state index contributed by atoms with van der Waals surface area (Å²) in [4.78, 5) is 17.3. The van der Waals surface area contributed by atoms with Gasteiger partial charge in [0.25, 0.3) is 0 Å². The molecule has 1 aliphatic heterocycles. The topological polar surface area (TPSA) is 71.4 Å². The van der Waals surface area contributed by atoms with Crippen molar-refractivity contribution in [3.63, 3.8) is 0 Å². The highest BCUT2D eigenvalue weighted by molar-refractivity contribution is 6.33. The normalized spacial score (nSPS) is 15.9. The van der Waals surface area contributed by atoms with E-state index in [1.807, 2.05) is 49.5 Å². The number of nitrogens with zero attached hydrogens (tertiary/aromatic N) is 2. The van der Waals surface area contributed by atoms with Crippen LogP contribution in [0.15, 0.2) is 47.5 Å². The standard InChI is InChI=1S/C20H21ClN2O4/c1-13-16-4-3-5-17(21)19(16)22-20(23(13)2)14-6-8-15(9-7-14)27-11-10-26-12-18(24)25/h3-9,13H,10-12H2,1-2H3,(H,24,25). The van der Waals surface area contributed by atoms with Crippen LogP contribution in [-0.2, 0) is 9.53 Å². The maximum Gasteiger partial charge on any atom is 0.329 e. The van der Waals surface area contributed by atoms with Crippen LogP contribution in [0.4, 0.5) is 5.69 Å². The smallest absolute Gasteiger partial charge is 0.329 e. The Hall–Kier alpha value is -2.57. The lowest BCUT2D eigenvalue weighted by Crippen LogP contribution is -2.33. The summed E-state index contributed by atoms with van der Waals surface area (Å²) < 4.78 is 10.5. The highest BCUT2D eigenvalue weighted by atomic mass is 35.5. The number of halogens is 1. The van der Waals surface area contributed by atoms with Gasteiger partial charge in [0.15, 0.2) is 0 Å². The van der Waals surface area contributed by atoms with Gasteiger partial charge in [0.1, 0.15) is 24.8 Å². The molecule has 2 aromatic rings. The monoisotopic (exact) mass is 388 g/mol. The number of hydrogen-bond acceptors (Lipinski definition) is 5. The lowest BCUT2D eigenvalue weighted by molar-refractivity contribution is -0.142. The zero-order chi connectivity index (χ0) is 19.4. The Kier molecular flexibility index (Phi) is 5.98. The summed E-state index contributed by atoms with van der Waals surface area (Å²) in [5.41, 5.74) is 2.88. The van der Waals surface area contributed by atoms with E-state index in [-0.39, 0.29) is 25.9 Å². The van der Waals surface area contributed by atoms with Crippen LogP contribution in [0.5, 0.6) is 5.75 Å². The molecule has 1 N–H and O–H groups in total. The fourth-order valence-corrected chi connectivity index (χ4v) is 3.13. The Morgan fingerprint density at radius 3 is 2.67 bits per heavy atom. The molecule has 0 saturated carbocycles. The van der Waals surface area contributed by atoms with Crippen LogP contribution in [0.3, 0.4) is 0 Å². The number of benzene rings is 2. The number of para-hydroxylation sites is 1. The molecule has 0 fully saturated rings. The summed E-state index contributed by atoms with van der Waals surface area (Å²) in [5, 5.41) is 9.16. The highest BCUT2D eigenvalue weighted by Crippen LogP contribution is 2.39. The van der Waals surface area contributed by atoms with Gasteiger partial charge < -0.3 is 19.5 Å². The molecule has 6 nitrogen and oxygen atoms in total. The minimum atomic E-state index is -0.993. The van der Waals surface area contributed by atoms with E-state index < -0.39 is 5.97 Å². The van der Waals surface area contributed by atoms with Crippen molar-refractivity contribution in [3.05, 3.63) is 58.6 Å². The summed E-state index contributed by atoms with van der Waals surface area (Å²) in [6.45, 7) is 2.30. The van der Waals surface area contributed by atoms with Gasteiger partial charge in [-0.1, -0.05) is 23.7 Å². The Balaban J connectivity index is 1.71. The van der Waals surface area contributed by atoms with E-state index in [0.717, 1.165) is 22.6 Å². The largest absolute Gasteiger partial charge is 0.491 e. The van der Waals surface area contributed by atoms with Gasteiger partial charge in [0.05, 0.1) is 23.4 Å². The molecular weight excluding hydrogens is 368 g/mol. The first-order valence-electron chi connectivity index (χ1n) is 8.60. The summed E-state index contributed by atoms with van der Waals surface area (Å²) >= 11 is 6.34. The van der Waals surface area contributed by atoms with Crippen molar-refractivity contribution in [1.82, 2.24) is 4.90 Å². The second-order valence-electron chi connectivity index (χ2n) is 6.22. The fourth-order valence-electron chi connectivity index (χ4n) is 2.91. The highest BCUT2D eigenvalue weighted by Gasteiger charge is 2.26. The van der Waals surface area contributed by atoms with Crippen LogP contribution >= 0.6 is 11.6 Å². The third-order valence-electron chi connectivity index (χ3n) is 4.44. The molecule has 2 aromatic carbocycles. The van der Waals surface area contributed by atoms with E-state index in [1.54, 1.807) is 0 Å². The maximum atomic E-state index is 10.4. The first-order chi connectivity index (χ1) is 13.0. The summed E-state index contributed by atoms with van der Waals surface area (Å²) in [7, 11) is 2.01. The number of carbonyl (C=O) groups is 1. The minimum Gasteiger partial charge on any atom is -0.491 e. The van der Waals surface area contributed by atoms with Crippen molar-refractivity contribution < 1.29 is 19.4 Å². The number of carboxylic acids is 1. The average molecular weight is 389 g/mol. The van der Waals surface area contributed by atoms with Crippen molar-refractivity contribution in [3.8, 4) is 5.75 Å². The Morgan fingerprint density at radius 1 is 1.22 bits per heavy atom. The minimum absolute atomic E-state index is 0.161. The first kappa shape index (κ1) is 19.2. The number of ether oxygens (including phenoxy) is 2. The van der Waals surface area contributed by atoms with E-state index in [1.165, 1.54) is 0 Å². The molecule has 1 atom stereocenters. The van der Waals surface area contributed by atoms with Crippen LogP contribution in [0, 0.1) is 0 Å². The molecule has 142 valence electrons. The SMILES string of the molecule is CC1c2cccc(Cl)c2N=C(c2ccc(OCCOCC(=O)O)cc2)N1C. The molecule has 0 aliphatic carbocycles. The third-order valence-corrected chi connectivity index (χ3v) is 4.74. The van der Waals surface area contributed by atoms with Crippen LogP contribution in [0.2, 0.25) is 5.02 Å². The van der Waals surface area contributed by atoms with Crippen LogP contribution in [0.1, 0.15) is 24.1 Å². The van der Waals surface area contributed by atoms with Gasteiger partial charge in [0.2, 0.25) is 0 Å². The van der Waals surface area contributed by atoms with E-state index in [4.69, 9.17) is 31.2 Å². The second kappa shape index (κ2) is 8.41. The molecule has 0 amide bonds. The lowest BCUT2D eigenvalue weighted by atomic mass is 10.0. The second-order valence-corrected chi connectivity index (χ2v) is 6.63. The number of fused-ring (bicyclic) bond motifs is 1. The number of aliphatic carboxylic acids is 1.